The van der Waals surface area contributed by atoms with E-state index in [0.29, 0.717) is 6.04 Å². The van der Waals surface area contributed by atoms with E-state index >= 15 is 0 Å². The van der Waals surface area contributed by atoms with Crippen LogP contribution < -0.4 is 20.1 Å². The molecule has 2 N–H and O–H groups in total. The lowest BCUT2D eigenvalue weighted by molar-refractivity contribution is 0.355. The standard InChI is InChI=1S/C15H21N3O2S/c1-19-13-4-3-12(7-14(13)20-2)18-9-15(21-10-18)17-6-5-11(16)8-17/h3-4,7,9,11H,5-6,8,10,16H2,1-2H3. The molecule has 21 heavy (non-hydrogen) atoms. The number of hydrogen-bond donors (Lipinski definition) is 1. The van der Waals surface area contributed by atoms with Gasteiger partial charge in [-0.05, 0) is 18.6 Å². The smallest absolute Gasteiger partial charge is 0.162 e. The van der Waals surface area contributed by atoms with Crippen LogP contribution in [0, 0.1) is 0 Å². The van der Waals surface area contributed by atoms with Crippen LogP contribution in [0.15, 0.2) is 29.4 Å². The highest BCUT2D eigenvalue weighted by Gasteiger charge is 2.25. The summed E-state index contributed by atoms with van der Waals surface area (Å²) in [5, 5.41) is 1.30. The lowest BCUT2D eigenvalue weighted by Crippen LogP contribution is -2.25. The molecule has 0 radical (unpaired) electrons. The predicted octanol–water partition coefficient (Wildman–Crippen LogP) is 2.05. The number of nitrogens with zero attached hydrogens (tertiary/aromatic N) is 2. The zero-order valence-corrected chi connectivity index (χ0v) is 13.2. The average molecular weight is 307 g/mol. The highest BCUT2D eigenvalue weighted by molar-refractivity contribution is 8.03. The van der Waals surface area contributed by atoms with Crippen molar-refractivity contribution in [2.75, 3.05) is 38.1 Å². The normalized spacial score (nSPS) is 21.7. The Morgan fingerprint density at radius 2 is 2.05 bits per heavy atom. The third-order valence-electron chi connectivity index (χ3n) is 3.85. The van der Waals surface area contributed by atoms with Crippen LogP contribution in [0.5, 0.6) is 11.5 Å². The Hall–Kier alpha value is -1.53. The quantitative estimate of drug-likeness (QED) is 0.919. The van der Waals surface area contributed by atoms with Crippen LogP contribution in [0.2, 0.25) is 0 Å². The van der Waals surface area contributed by atoms with Gasteiger partial charge in [0.25, 0.3) is 0 Å². The maximum atomic E-state index is 5.99. The monoisotopic (exact) mass is 307 g/mol. The molecule has 0 spiro atoms. The first-order valence-corrected chi connectivity index (χ1v) is 8.03. The Bertz CT molecular complexity index is 550. The molecular formula is C15H21N3O2S. The second-order valence-electron chi connectivity index (χ2n) is 5.24. The van der Waals surface area contributed by atoms with E-state index in [9.17, 15) is 0 Å². The van der Waals surface area contributed by atoms with Gasteiger partial charge in [0, 0.05) is 37.1 Å². The molecule has 2 aliphatic heterocycles. The molecule has 0 aromatic heterocycles. The lowest BCUT2D eigenvalue weighted by atomic mass is 10.2. The third-order valence-corrected chi connectivity index (χ3v) is 4.92. The van der Waals surface area contributed by atoms with Gasteiger partial charge in [0.15, 0.2) is 11.5 Å². The van der Waals surface area contributed by atoms with Gasteiger partial charge in [0.2, 0.25) is 0 Å². The van der Waals surface area contributed by atoms with Gasteiger partial charge in [-0.25, -0.2) is 0 Å². The number of thioether (sulfide) groups is 1. The van der Waals surface area contributed by atoms with Crippen molar-refractivity contribution in [3.63, 3.8) is 0 Å². The molecule has 6 heteroatoms. The maximum absolute atomic E-state index is 5.99. The Kier molecular flexibility index (Phi) is 4.17. The number of methoxy groups -OCH3 is 2. The van der Waals surface area contributed by atoms with E-state index in [4.69, 9.17) is 15.2 Å². The average Bonchev–Trinajstić information content (AvgIpc) is 3.15. The summed E-state index contributed by atoms with van der Waals surface area (Å²) in [6, 6.07) is 6.31. The fraction of sp³-hybridized carbons (Fsp3) is 0.467. The summed E-state index contributed by atoms with van der Waals surface area (Å²) < 4.78 is 10.7. The second-order valence-corrected chi connectivity index (χ2v) is 6.21. The largest absolute Gasteiger partial charge is 0.493 e. The molecule has 1 fully saturated rings. The molecule has 1 unspecified atom stereocenters. The summed E-state index contributed by atoms with van der Waals surface area (Å²) in [6.07, 6.45) is 3.28. The van der Waals surface area contributed by atoms with Crippen LogP contribution in [0.1, 0.15) is 6.42 Å². The zero-order valence-electron chi connectivity index (χ0n) is 12.4. The van der Waals surface area contributed by atoms with Crippen molar-refractivity contribution >= 4 is 17.4 Å². The van der Waals surface area contributed by atoms with Gasteiger partial charge >= 0.3 is 0 Å². The van der Waals surface area contributed by atoms with Crippen molar-refractivity contribution < 1.29 is 9.47 Å². The van der Waals surface area contributed by atoms with E-state index in [1.165, 1.54) is 5.03 Å². The molecule has 5 nitrogen and oxygen atoms in total. The van der Waals surface area contributed by atoms with Crippen LogP contribution in [-0.4, -0.2) is 44.1 Å². The van der Waals surface area contributed by atoms with Crippen molar-refractivity contribution in [2.45, 2.75) is 12.5 Å². The van der Waals surface area contributed by atoms with Crippen molar-refractivity contribution in [3.8, 4) is 11.5 Å². The summed E-state index contributed by atoms with van der Waals surface area (Å²) in [5.74, 6) is 2.42. The first-order valence-electron chi connectivity index (χ1n) is 7.05. The molecule has 3 rings (SSSR count). The van der Waals surface area contributed by atoms with E-state index in [1.54, 1.807) is 14.2 Å². The van der Waals surface area contributed by atoms with Crippen LogP contribution >= 0.6 is 11.8 Å². The van der Waals surface area contributed by atoms with Gasteiger partial charge in [-0.15, -0.1) is 0 Å². The summed E-state index contributed by atoms with van der Waals surface area (Å²) >= 11 is 1.85. The molecule has 1 atom stereocenters. The number of nitrogens with two attached hydrogens (primary N) is 1. The fourth-order valence-corrected chi connectivity index (χ4v) is 3.70. The SMILES string of the molecule is COc1ccc(N2C=C(N3CCC(N)C3)SC2)cc1OC. The number of benzene rings is 1. The maximum Gasteiger partial charge on any atom is 0.162 e. The molecule has 2 heterocycles. The summed E-state index contributed by atoms with van der Waals surface area (Å²) in [4.78, 5) is 4.60. The minimum Gasteiger partial charge on any atom is -0.493 e. The van der Waals surface area contributed by atoms with Gasteiger partial charge in [0.05, 0.1) is 25.1 Å². The predicted molar refractivity (Wildman–Crippen MR) is 86.7 cm³/mol. The topological polar surface area (TPSA) is 51.0 Å². The zero-order chi connectivity index (χ0) is 14.8. The number of anilines is 1. The van der Waals surface area contributed by atoms with Crippen LogP contribution in [0.4, 0.5) is 5.69 Å². The number of rotatable bonds is 4. The molecule has 1 saturated heterocycles. The van der Waals surface area contributed by atoms with E-state index in [1.807, 2.05) is 23.9 Å². The van der Waals surface area contributed by atoms with Crippen molar-refractivity contribution in [1.82, 2.24) is 4.90 Å². The van der Waals surface area contributed by atoms with Crippen LogP contribution in [0.25, 0.3) is 0 Å². The molecule has 1 aromatic carbocycles. The van der Waals surface area contributed by atoms with E-state index in [0.717, 1.165) is 42.6 Å². The molecule has 0 bridgehead atoms. The van der Waals surface area contributed by atoms with Crippen molar-refractivity contribution in [1.29, 1.82) is 0 Å². The Morgan fingerprint density at radius 1 is 1.24 bits per heavy atom. The van der Waals surface area contributed by atoms with Gasteiger partial charge in [0.1, 0.15) is 0 Å². The highest BCUT2D eigenvalue weighted by Crippen LogP contribution is 2.37. The Labute approximate surface area is 129 Å². The summed E-state index contributed by atoms with van der Waals surface area (Å²) in [7, 11) is 3.31. The molecule has 0 aliphatic carbocycles. The van der Waals surface area contributed by atoms with Crippen molar-refractivity contribution in [3.05, 3.63) is 29.4 Å². The third kappa shape index (κ3) is 2.91. The minimum atomic E-state index is 0.307. The Balaban J connectivity index is 1.77. The number of likely N-dealkylation sites (tertiary alicyclic amines) is 1. The van der Waals surface area contributed by atoms with E-state index in [2.05, 4.69) is 22.1 Å². The minimum absolute atomic E-state index is 0.307. The molecule has 0 saturated carbocycles. The first-order chi connectivity index (χ1) is 10.2. The van der Waals surface area contributed by atoms with Crippen LogP contribution in [0.3, 0.4) is 0 Å². The van der Waals surface area contributed by atoms with Gasteiger partial charge in [-0.1, -0.05) is 11.8 Å². The molecule has 0 amide bonds. The fourth-order valence-electron chi connectivity index (χ4n) is 2.66. The van der Waals surface area contributed by atoms with Gasteiger partial charge in [-0.3, -0.25) is 0 Å². The van der Waals surface area contributed by atoms with Crippen LogP contribution in [-0.2, 0) is 0 Å². The lowest BCUT2D eigenvalue weighted by Gasteiger charge is -2.17. The first kappa shape index (κ1) is 14.4. The number of ether oxygens (including phenoxy) is 2. The summed E-state index contributed by atoms with van der Waals surface area (Å²) in [5.41, 5.74) is 7.10. The van der Waals surface area contributed by atoms with Gasteiger partial charge in [-0.2, -0.15) is 0 Å². The molecule has 2 aliphatic rings. The van der Waals surface area contributed by atoms with E-state index < -0.39 is 0 Å². The second kappa shape index (κ2) is 6.07. The summed E-state index contributed by atoms with van der Waals surface area (Å²) in [6.45, 7) is 2.01. The van der Waals surface area contributed by atoms with Gasteiger partial charge < -0.3 is 25.0 Å². The highest BCUT2D eigenvalue weighted by atomic mass is 32.2. The van der Waals surface area contributed by atoms with Crippen molar-refractivity contribution in [2.24, 2.45) is 5.73 Å². The molecule has 1 aromatic rings. The Morgan fingerprint density at radius 3 is 2.71 bits per heavy atom. The molecule has 114 valence electrons. The van der Waals surface area contributed by atoms with E-state index in [-0.39, 0.29) is 0 Å². The molecular weight excluding hydrogens is 286 g/mol. The number of hydrogen-bond acceptors (Lipinski definition) is 6.